The van der Waals surface area contributed by atoms with Gasteiger partial charge in [0.05, 0.1) is 10.6 Å². The summed E-state index contributed by atoms with van der Waals surface area (Å²) in [5.74, 6) is -0.736. The monoisotopic (exact) mass is 657 g/mol. The molecule has 1 fully saturated rings. The van der Waals surface area contributed by atoms with E-state index in [1.54, 1.807) is 36.4 Å². The zero-order valence-corrected chi connectivity index (χ0v) is 27.8. The summed E-state index contributed by atoms with van der Waals surface area (Å²) in [6.07, 6.45) is 4.15. The summed E-state index contributed by atoms with van der Waals surface area (Å²) in [7, 11) is -4.16. The fourth-order valence-electron chi connectivity index (χ4n) is 5.93. The lowest BCUT2D eigenvalue weighted by Gasteiger charge is -2.34. The lowest BCUT2D eigenvalue weighted by Crippen LogP contribution is -2.54. The fourth-order valence-corrected chi connectivity index (χ4v) is 7.55. The summed E-state index contributed by atoms with van der Waals surface area (Å²) >= 11 is 6.18. The number of amides is 2. The van der Waals surface area contributed by atoms with Crippen LogP contribution >= 0.6 is 11.6 Å². The zero-order chi connectivity index (χ0) is 32.7. The molecule has 0 aromatic heterocycles. The molecule has 4 aromatic rings. The molecule has 2 amide bonds. The van der Waals surface area contributed by atoms with Crippen LogP contribution < -0.4 is 9.62 Å². The number of aryl methyl sites for hydroxylation is 2. The Balaban J connectivity index is 1.58. The molecule has 9 heteroatoms. The standard InChI is InChI=1S/C37H40ClN3O4S/c1-27-17-18-28(2)34(23-27)41(46(44,45)33-15-7-4-8-16-33)26-36(42)40(25-30-19-21-31(38)22-20-30)35(24-29-11-5-3-6-12-29)37(43)39-32-13-9-10-14-32/h3-8,11-12,15-23,32,35H,9-10,13-14,24-26H2,1-2H3,(H,39,43). The first-order chi connectivity index (χ1) is 22.1. The number of hydrogen-bond donors (Lipinski definition) is 1. The van der Waals surface area contributed by atoms with Gasteiger partial charge in [-0.25, -0.2) is 8.42 Å². The molecule has 1 aliphatic rings. The van der Waals surface area contributed by atoms with Crippen molar-refractivity contribution >= 4 is 39.1 Å². The van der Waals surface area contributed by atoms with E-state index >= 15 is 0 Å². The van der Waals surface area contributed by atoms with E-state index in [0.717, 1.165) is 42.4 Å². The van der Waals surface area contributed by atoms with E-state index in [-0.39, 0.29) is 29.8 Å². The Morgan fingerprint density at radius 3 is 2.13 bits per heavy atom. The molecule has 1 unspecified atom stereocenters. The topological polar surface area (TPSA) is 86.8 Å². The average Bonchev–Trinajstić information content (AvgIpc) is 3.57. The van der Waals surface area contributed by atoms with Crippen molar-refractivity contribution in [1.82, 2.24) is 10.2 Å². The SMILES string of the molecule is Cc1ccc(C)c(N(CC(=O)N(Cc2ccc(Cl)cc2)C(Cc2ccccc2)C(=O)NC2CCCC2)S(=O)(=O)c2ccccc2)c1. The number of anilines is 1. The van der Waals surface area contributed by atoms with E-state index in [1.165, 1.54) is 21.3 Å². The van der Waals surface area contributed by atoms with Crippen LogP contribution in [0.3, 0.4) is 0 Å². The molecule has 1 atom stereocenters. The summed E-state index contributed by atoms with van der Waals surface area (Å²) < 4.78 is 29.6. The average molecular weight is 658 g/mol. The molecular weight excluding hydrogens is 618 g/mol. The Labute approximate surface area is 277 Å². The third-order valence-corrected chi connectivity index (χ3v) is 10.5. The van der Waals surface area contributed by atoms with Crippen molar-refractivity contribution in [2.75, 3.05) is 10.8 Å². The van der Waals surface area contributed by atoms with Gasteiger partial charge in [0.25, 0.3) is 10.0 Å². The number of carbonyl (C=O) groups is 2. The number of nitrogens with one attached hydrogen (secondary N) is 1. The maximum absolute atomic E-state index is 14.7. The molecular formula is C37H40ClN3O4S. The second-order valence-corrected chi connectivity index (χ2v) is 14.3. The fraction of sp³-hybridized carbons (Fsp3) is 0.297. The highest BCUT2D eigenvalue weighted by molar-refractivity contribution is 7.92. The van der Waals surface area contributed by atoms with Crippen LogP contribution in [-0.4, -0.2) is 43.8 Å². The molecule has 46 heavy (non-hydrogen) atoms. The number of nitrogens with zero attached hydrogens (tertiary/aromatic N) is 2. The molecule has 240 valence electrons. The Kier molecular flexibility index (Phi) is 10.8. The van der Waals surface area contributed by atoms with Crippen molar-refractivity contribution in [3.63, 3.8) is 0 Å². The molecule has 0 bridgehead atoms. The predicted octanol–water partition coefficient (Wildman–Crippen LogP) is 6.85. The molecule has 5 rings (SSSR count). The van der Waals surface area contributed by atoms with Gasteiger partial charge in [0, 0.05) is 24.0 Å². The van der Waals surface area contributed by atoms with E-state index in [1.807, 2.05) is 68.4 Å². The molecule has 7 nitrogen and oxygen atoms in total. The number of halogens is 1. The highest BCUT2D eigenvalue weighted by Crippen LogP contribution is 2.29. The van der Waals surface area contributed by atoms with Crippen LogP contribution in [0.1, 0.15) is 47.9 Å². The minimum absolute atomic E-state index is 0.0446. The van der Waals surface area contributed by atoms with Gasteiger partial charge in [-0.1, -0.05) is 97.2 Å². The van der Waals surface area contributed by atoms with E-state index < -0.39 is 28.5 Å². The molecule has 0 radical (unpaired) electrons. The lowest BCUT2D eigenvalue weighted by molar-refractivity contribution is -0.140. The number of sulfonamides is 1. The molecule has 0 saturated heterocycles. The van der Waals surface area contributed by atoms with Crippen molar-refractivity contribution in [3.8, 4) is 0 Å². The lowest BCUT2D eigenvalue weighted by atomic mass is 10.0. The van der Waals surface area contributed by atoms with Crippen molar-refractivity contribution in [2.24, 2.45) is 0 Å². The van der Waals surface area contributed by atoms with Gasteiger partial charge in [0.2, 0.25) is 11.8 Å². The van der Waals surface area contributed by atoms with E-state index in [4.69, 9.17) is 11.6 Å². The highest BCUT2D eigenvalue weighted by Gasteiger charge is 2.36. The Bertz CT molecular complexity index is 1740. The van der Waals surface area contributed by atoms with Gasteiger partial charge >= 0.3 is 0 Å². The van der Waals surface area contributed by atoms with E-state index in [9.17, 15) is 18.0 Å². The second-order valence-electron chi connectivity index (χ2n) is 12.0. The quantitative estimate of drug-likeness (QED) is 0.181. The van der Waals surface area contributed by atoms with Crippen molar-refractivity contribution < 1.29 is 18.0 Å². The number of benzene rings is 4. The summed E-state index contributed by atoms with van der Waals surface area (Å²) in [6.45, 7) is 3.31. The van der Waals surface area contributed by atoms with Gasteiger partial charge in [-0.05, 0) is 79.3 Å². The Hall–Kier alpha value is -4.14. The summed E-state index contributed by atoms with van der Waals surface area (Å²) in [5.41, 5.74) is 3.65. The third-order valence-electron chi connectivity index (χ3n) is 8.48. The zero-order valence-electron chi connectivity index (χ0n) is 26.2. The summed E-state index contributed by atoms with van der Waals surface area (Å²) in [4.78, 5) is 30.4. The molecule has 0 heterocycles. The minimum Gasteiger partial charge on any atom is -0.352 e. The molecule has 1 aliphatic carbocycles. The molecule has 0 aliphatic heterocycles. The van der Waals surface area contributed by atoms with Gasteiger partial charge in [0.1, 0.15) is 12.6 Å². The first kappa shape index (κ1) is 33.2. The van der Waals surface area contributed by atoms with E-state index in [2.05, 4.69) is 5.32 Å². The molecule has 4 aromatic carbocycles. The Morgan fingerprint density at radius 2 is 1.48 bits per heavy atom. The van der Waals surface area contributed by atoms with Crippen LogP contribution in [0.4, 0.5) is 5.69 Å². The molecule has 0 spiro atoms. The van der Waals surface area contributed by atoms with Crippen LogP contribution in [0, 0.1) is 13.8 Å². The smallest absolute Gasteiger partial charge is 0.264 e. The van der Waals surface area contributed by atoms with Crippen molar-refractivity contribution in [2.45, 2.75) is 69.5 Å². The first-order valence-corrected chi connectivity index (χ1v) is 17.5. The maximum Gasteiger partial charge on any atom is 0.264 e. The number of carbonyl (C=O) groups excluding carboxylic acids is 2. The highest BCUT2D eigenvalue weighted by atomic mass is 35.5. The van der Waals surface area contributed by atoms with Crippen LogP contribution in [0.15, 0.2) is 108 Å². The van der Waals surface area contributed by atoms with Crippen molar-refractivity contribution in [3.05, 3.63) is 130 Å². The van der Waals surface area contributed by atoms with Gasteiger partial charge in [-0.3, -0.25) is 13.9 Å². The van der Waals surface area contributed by atoms with Crippen LogP contribution in [0.25, 0.3) is 0 Å². The Morgan fingerprint density at radius 1 is 0.848 bits per heavy atom. The summed E-state index contributed by atoms with van der Waals surface area (Å²) in [6, 6.07) is 29.5. The minimum atomic E-state index is -4.16. The van der Waals surface area contributed by atoms with Crippen LogP contribution in [-0.2, 0) is 32.6 Å². The number of hydrogen-bond acceptors (Lipinski definition) is 4. The third kappa shape index (κ3) is 8.17. The first-order valence-electron chi connectivity index (χ1n) is 15.6. The second kappa shape index (κ2) is 15.0. The normalized spacial score (nSPS) is 14.1. The largest absolute Gasteiger partial charge is 0.352 e. The van der Waals surface area contributed by atoms with Crippen LogP contribution in [0.5, 0.6) is 0 Å². The number of rotatable bonds is 12. The van der Waals surface area contributed by atoms with Gasteiger partial charge in [-0.2, -0.15) is 0 Å². The van der Waals surface area contributed by atoms with E-state index in [0.29, 0.717) is 16.3 Å². The van der Waals surface area contributed by atoms with Gasteiger partial charge < -0.3 is 10.2 Å². The summed E-state index contributed by atoms with van der Waals surface area (Å²) in [5, 5.41) is 3.75. The maximum atomic E-state index is 14.7. The predicted molar refractivity (Wildman–Crippen MR) is 183 cm³/mol. The molecule has 1 saturated carbocycles. The molecule has 1 N–H and O–H groups in total. The van der Waals surface area contributed by atoms with Gasteiger partial charge in [-0.15, -0.1) is 0 Å². The van der Waals surface area contributed by atoms with Crippen molar-refractivity contribution in [1.29, 1.82) is 0 Å². The van der Waals surface area contributed by atoms with Gasteiger partial charge in [0.15, 0.2) is 0 Å². The van der Waals surface area contributed by atoms with Crippen LogP contribution in [0.2, 0.25) is 5.02 Å².